The minimum absolute atomic E-state index is 0.0432. The Hall–Kier alpha value is -1.20. The maximum Gasteiger partial charge on any atom is 0.234 e. The van der Waals surface area contributed by atoms with Crippen molar-refractivity contribution in [2.75, 3.05) is 48.5 Å². The van der Waals surface area contributed by atoms with Gasteiger partial charge in [-0.2, -0.15) is 11.8 Å². The maximum absolute atomic E-state index is 11.4. The molecular formula is C13H18N2O2S. The Labute approximate surface area is 112 Å². The Bertz CT molecular complexity index is 388. The third-order valence-electron chi connectivity index (χ3n) is 2.80. The molecule has 5 heteroatoms. The summed E-state index contributed by atoms with van der Waals surface area (Å²) in [6.07, 6.45) is 1.92. The molecule has 1 fully saturated rings. The standard InChI is InChI=1S/C13H18N2O2S/c1-18-10-13(16)14-11-2-4-12(5-3-11)15-6-8-17-9-7-15/h2-5H,6-10H2,1H3,(H,14,16). The van der Waals surface area contributed by atoms with Crippen LogP contribution in [0.1, 0.15) is 0 Å². The summed E-state index contributed by atoms with van der Waals surface area (Å²) in [6, 6.07) is 7.98. The summed E-state index contributed by atoms with van der Waals surface area (Å²) >= 11 is 1.52. The fourth-order valence-electron chi connectivity index (χ4n) is 1.91. The molecule has 18 heavy (non-hydrogen) atoms. The van der Waals surface area contributed by atoms with E-state index in [0.717, 1.165) is 32.0 Å². The molecule has 0 unspecified atom stereocenters. The van der Waals surface area contributed by atoms with Crippen molar-refractivity contribution >= 4 is 29.0 Å². The lowest BCUT2D eigenvalue weighted by Gasteiger charge is -2.28. The Morgan fingerprint density at radius 3 is 2.61 bits per heavy atom. The van der Waals surface area contributed by atoms with E-state index < -0.39 is 0 Å². The van der Waals surface area contributed by atoms with Crippen LogP contribution in [0.5, 0.6) is 0 Å². The molecule has 1 aromatic carbocycles. The molecular weight excluding hydrogens is 248 g/mol. The number of hydrogen-bond acceptors (Lipinski definition) is 4. The molecule has 0 aliphatic carbocycles. The zero-order valence-corrected chi connectivity index (χ0v) is 11.3. The SMILES string of the molecule is CSCC(=O)Nc1ccc(N2CCOCC2)cc1. The van der Waals surface area contributed by atoms with Gasteiger partial charge in [0.2, 0.25) is 5.91 Å². The monoisotopic (exact) mass is 266 g/mol. The van der Waals surface area contributed by atoms with Gasteiger partial charge in [-0.05, 0) is 30.5 Å². The van der Waals surface area contributed by atoms with Crippen LogP contribution in [-0.4, -0.2) is 44.2 Å². The molecule has 1 amide bonds. The zero-order chi connectivity index (χ0) is 12.8. The van der Waals surface area contributed by atoms with Gasteiger partial charge in [0, 0.05) is 24.5 Å². The number of anilines is 2. The number of nitrogens with one attached hydrogen (secondary N) is 1. The van der Waals surface area contributed by atoms with Crippen molar-refractivity contribution in [2.45, 2.75) is 0 Å². The highest BCUT2D eigenvalue weighted by molar-refractivity contribution is 7.99. The van der Waals surface area contributed by atoms with Gasteiger partial charge in [0.15, 0.2) is 0 Å². The van der Waals surface area contributed by atoms with Crippen molar-refractivity contribution in [3.63, 3.8) is 0 Å². The van der Waals surface area contributed by atoms with Gasteiger partial charge in [-0.15, -0.1) is 0 Å². The van der Waals surface area contributed by atoms with Crippen LogP contribution in [0.15, 0.2) is 24.3 Å². The number of amides is 1. The number of thioether (sulfide) groups is 1. The van der Waals surface area contributed by atoms with Crippen molar-refractivity contribution in [3.05, 3.63) is 24.3 Å². The van der Waals surface area contributed by atoms with Crippen LogP contribution >= 0.6 is 11.8 Å². The summed E-state index contributed by atoms with van der Waals surface area (Å²) in [5, 5.41) is 2.87. The highest BCUT2D eigenvalue weighted by Crippen LogP contribution is 2.19. The Morgan fingerprint density at radius 2 is 2.00 bits per heavy atom. The second-order valence-corrected chi connectivity index (χ2v) is 4.99. The number of rotatable bonds is 4. The molecule has 1 heterocycles. The first-order valence-electron chi connectivity index (χ1n) is 6.01. The van der Waals surface area contributed by atoms with Crippen LogP contribution in [0.2, 0.25) is 0 Å². The van der Waals surface area contributed by atoms with E-state index in [1.165, 1.54) is 17.4 Å². The van der Waals surface area contributed by atoms with Crippen LogP contribution in [0.25, 0.3) is 0 Å². The number of morpholine rings is 1. The summed E-state index contributed by atoms with van der Waals surface area (Å²) in [6.45, 7) is 3.43. The van der Waals surface area contributed by atoms with Crippen LogP contribution in [-0.2, 0) is 9.53 Å². The van der Waals surface area contributed by atoms with Crippen molar-refractivity contribution in [1.29, 1.82) is 0 Å². The highest BCUT2D eigenvalue weighted by Gasteiger charge is 2.10. The Kier molecular flexibility index (Phi) is 4.90. The molecule has 0 bridgehead atoms. The third kappa shape index (κ3) is 3.65. The van der Waals surface area contributed by atoms with Crippen molar-refractivity contribution in [1.82, 2.24) is 0 Å². The molecule has 1 aliphatic rings. The molecule has 0 radical (unpaired) electrons. The minimum Gasteiger partial charge on any atom is -0.378 e. The predicted molar refractivity (Wildman–Crippen MR) is 76.5 cm³/mol. The van der Waals surface area contributed by atoms with Gasteiger partial charge in [0.25, 0.3) is 0 Å². The summed E-state index contributed by atoms with van der Waals surface area (Å²) in [5.74, 6) is 0.534. The van der Waals surface area contributed by atoms with Gasteiger partial charge in [-0.3, -0.25) is 4.79 Å². The second kappa shape index (κ2) is 6.66. The molecule has 0 atom stereocenters. The smallest absolute Gasteiger partial charge is 0.234 e. The summed E-state index contributed by atoms with van der Waals surface area (Å²) in [7, 11) is 0. The van der Waals surface area contributed by atoms with Crippen LogP contribution < -0.4 is 10.2 Å². The molecule has 0 spiro atoms. The average Bonchev–Trinajstić information content (AvgIpc) is 2.41. The molecule has 1 N–H and O–H groups in total. The van der Waals surface area contributed by atoms with Crippen molar-refractivity contribution in [3.8, 4) is 0 Å². The predicted octanol–water partition coefficient (Wildman–Crippen LogP) is 1.82. The van der Waals surface area contributed by atoms with Gasteiger partial charge in [0.1, 0.15) is 0 Å². The van der Waals surface area contributed by atoms with Crippen LogP contribution in [0.3, 0.4) is 0 Å². The highest BCUT2D eigenvalue weighted by atomic mass is 32.2. The van der Waals surface area contributed by atoms with Gasteiger partial charge < -0.3 is 15.0 Å². The molecule has 1 aliphatic heterocycles. The lowest BCUT2D eigenvalue weighted by molar-refractivity contribution is -0.113. The van der Waals surface area contributed by atoms with E-state index in [-0.39, 0.29) is 5.91 Å². The number of carbonyl (C=O) groups is 1. The third-order valence-corrected chi connectivity index (χ3v) is 3.35. The van der Waals surface area contributed by atoms with E-state index in [1.807, 2.05) is 30.5 Å². The molecule has 0 saturated carbocycles. The molecule has 0 aromatic heterocycles. The number of benzene rings is 1. The maximum atomic E-state index is 11.4. The number of hydrogen-bond donors (Lipinski definition) is 1. The summed E-state index contributed by atoms with van der Waals surface area (Å²) in [4.78, 5) is 13.7. The second-order valence-electron chi connectivity index (χ2n) is 4.13. The molecule has 98 valence electrons. The quantitative estimate of drug-likeness (QED) is 0.902. The van der Waals surface area contributed by atoms with E-state index in [2.05, 4.69) is 10.2 Å². The van der Waals surface area contributed by atoms with Gasteiger partial charge in [-0.1, -0.05) is 0 Å². The number of ether oxygens (including phenoxy) is 1. The minimum atomic E-state index is 0.0432. The van der Waals surface area contributed by atoms with E-state index >= 15 is 0 Å². The summed E-state index contributed by atoms with van der Waals surface area (Å²) < 4.78 is 5.32. The first-order chi connectivity index (χ1) is 8.79. The van der Waals surface area contributed by atoms with Crippen LogP contribution in [0, 0.1) is 0 Å². The van der Waals surface area contributed by atoms with E-state index in [0.29, 0.717) is 5.75 Å². The van der Waals surface area contributed by atoms with E-state index in [4.69, 9.17) is 4.74 Å². The van der Waals surface area contributed by atoms with E-state index in [1.54, 1.807) is 0 Å². The fraction of sp³-hybridized carbons (Fsp3) is 0.462. The largest absolute Gasteiger partial charge is 0.378 e. The Morgan fingerprint density at radius 1 is 1.33 bits per heavy atom. The molecule has 2 rings (SSSR count). The first kappa shape index (κ1) is 13.2. The van der Waals surface area contributed by atoms with Gasteiger partial charge in [-0.25, -0.2) is 0 Å². The molecule has 1 saturated heterocycles. The lowest BCUT2D eigenvalue weighted by atomic mass is 10.2. The normalized spacial score (nSPS) is 15.5. The summed E-state index contributed by atoms with van der Waals surface area (Å²) in [5.41, 5.74) is 2.03. The average molecular weight is 266 g/mol. The topological polar surface area (TPSA) is 41.6 Å². The fourth-order valence-corrected chi connectivity index (χ4v) is 2.24. The van der Waals surface area contributed by atoms with Gasteiger partial charge >= 0.3 is 0 Å². The van der Waals surface area contributed by atoms with Gasteiger partial charge in [0.05, 0.1) is 19.0 Å². The first-order valence-corrected chi connectivity index (χ1v) is 7.40. The number of nitrogens with zero attached hydrogens (tertiary/aromatic N) is 1. The van der Waals surface area contributed by atoms with E-state index in [9.17, 15) is 4.79 Å². The van der Waals surface area contributed by atoms with Crippen molar-refractivity contribution in [2.24, 2.45) is 0 Å². The molecule has 1 aromatic rings. The zero-order valence-electron chi connectivity index (χ0n) is 10.5. The van der Waals surface area contributed by atoms with Crippen molar-refractivity contribution < 1.29 is 9.53 Å². The molecule has 4 nitrogen and oxygen atoms in total. The lowest BCUT2D eigenvalue weighted by Crippen LogP contribution is -2.36. The number of carbonyl (C=O) groups excluding carboxylic acids is 1. The Balaban J connectivity index is 1.94. The van der Waals surface area contributed by atoms with Crippen LogP contribution in [0.4, 0.5) is 11.4 Å².